The van der Waals surface area contributed by atoms with Crippen LogP contribution in [0.25, 0.3) is 11.0 Å². The van der Waals surface area contributed by atoms with E-state index >= 15 is 0 Å². The molecule has 7 heteroatoms. The number of benzene rings is 1. The van der Waals surface area contributed by atoms with Gasteiger partial charge in [-0.05, 0) is 31.0 Å². The summed E-state index contributed by atoms with van der Waals surface area (Å²) in [5, 5.41) is 0. The number of alkyl halides is 3. The first-order valence-electron chi connectivity index (χ1n) is 7.16. The maximum absolute atomic E-state index is 12.8. The normalized spacial score (nSPS) is 19.2. The monoisotopic (exact) mass is 314 g/mol. The summed E-state index contributed by atoms with van der Waals surface area (Å²) in [4.78, 5) is 4.30. The van der Waals surface area contributed by atoms with Crippen LogP contribution in [0.15, 0.2) is 18.2 Å². The topological polar surface area (TPSA) is 36.3 Å². The number of halogens is 3. The van der Waals surface area contributed by atoms with E-state index in [1.54, 1.807) is 0 Å². The Morgan fingerprint density at radius 2 is 2.23 bits per heavy atom. The van der Waals surface area contributed by atoms with E-state index in [2.05, 4.69) is 4.98 Å². The molecule has 1 fully saturated rings. The first-order chi connectivity index (χ1) is 10.5. The van der Waals surface area contributed by atoms with Crippen molar-refractivity contribution in [1.82, 2.24) is 9.55 Å². The third-order valence-electron chi connectivity index (χ3n) is 3.84. The number of hydrogen-bond acceptors (Lipinski definition) is 3. The van der Waals surface area contributed by atoms with Crippen LogP contribution in [0.5, 0.6) is 0 Å². The van der Waals surface area contributed by atoms with Crippen LogP contribution in [0.4, 0.5) is 13.2 Å². The number of rotatable bonds is 4. The van der Waals surface area contributed by atoms with Gasteiger partial charge in [-0.2, -0.15) is 13.2 Å². The Balaban J connectivity index is 2.01. The van der Waals surface area contributed by atoms with Crippen LogP contribution in [0.2, 0.25) is 0 Å². The lowest BCUT2D eigenvalue weighted by atomic mass is 10.2. The summed E-state index contributed by atoms with van der Waals surface area (Å²) < 4.78 is 51.1. The first-order valence-corrected chi connectivity index (χ1v) is 7.16. The number of imidazole rings is 1. The van der Waals surface area contributed by atoms with Crippen molar-refractivity contribution >= 4 is 11.0 Å². The van der Waals surface area contributed by atoms with Crippen molar-refractivity contribution in [2.24, 2.45) is 0 Å². The first kappa shape index (κ1) is 15.3. The van der Waals surface area contributed by atoms with Gasteiger partial charge in [0, 0.05) is 13.7 Å². The molecule has 4 nitrogen and oxygen atoms in total. The van der Waals surface area contributed by atoms with E-state index in [9.17, 15) is 13.2 Å². The molecular weight excluding hydrogens is 297 g/mol. The van der Waals surface area contributed by atoms with Crippen LogP contribution in [0, 0.1) is 0 Å². The molecule has 1 aromatic carbocycles. The van der Waals surface area contributed by atoms with Gasteiger partial charge in [0.25, 0.3) is 0 Å². The van der Waals surface area contributed by atoms with Crippen LogP contribution >= 0.6 is 0 Å². The number of aromatic nitrogens is 2. The molecule has 3 rings (SSSR count). The zero-order chi connectivity index (χ0) is 15.7. The van der Waals surface area contributed by atoms with E-state index in [1.165, 1.54) is 13.2 Å². The molecule has 2 aromatic rings. The van der Waals surface area contributed by atoms with Crippen molar-refractivity contribution in [2.75, 3.05) is 13.7 Å². The van der Waals surface area contributed by atoms with Gasteiger partial charge in [0.2, 0.25) is 0 Å². The van der Waals surface area contributed by atoms with Gasteiger partial charge in [0.05, 0.1) is 29.2 Å². The smallest absolute Gasteiger partial charge is 0.377 e. The van der Waals surface area contributed by atoms with E-state index in [-0.39, 0.29) is 12.7 Å². The fourth-order valence-corrected chi connectivity index (χ4v) is 2.79. The van der Waals surface area contributed by atoms with Gasteiger partial charge >= 0.3 is 6.18 Å². The average Bonchev–Trinajstić information content (AvgIpc) is 3.07. The third-order valence-corrected chi connectivity index (χ3v) is 3.84. The summed E-state index contributed by atoms with van der Waals surface area (Å²) in [5.74, 6) is 0.618. The summed E-state index contributed by atoms with van der Waals surface area (Å²) in [5.41, 5.74) is 0.321. The molecule has 2 heterocycles. The zero-order valence-electron chi connectivity index (χ0n) is 12.2. The Kier molecular flexibility index (Phi) is 4.10. The molecule has 1 saturated heterocycles. The standard InChI is InChI=1S/C15H17F3N2O2/c1-21-9-14-19-12-7-10(15(16,17)18)4-5-13(12)20(14)8-11-3-2-6-22-11/h4-5,7,11H,2-3,6,8-9H2,1H3/t11-/m1/s1. The molecule has 0 unspecified atom stereocenters. The number of nitrogens with zero attached hydrogens (tertiary/aromatic N) is 2. The minimum absolute atomic E-state index is 0.0790. The van der Waals surface area contributed by atoms with Crippen LogP contribution in [-0.2, 0) is 28.8 Å². The van der Waals surface area contributed by atoms with Crippen molar-refractivity contribution in [3.8, 4) is 0 Å². The molecule has 1 aliphatic heterocycles. The van der Waals surface area contributed by atoms with E-state index in [1.807, 2.05) is 4.57 Å². The van der Waals surface area contributed by atoms with Gasteiger partial charge in [0.15, 0.2) is 0 Å². The van der Waals surface area contributed by atoms with Crippen molar-refractivity contribution in [2.45, 2.75) is 38.3 Å². The van der Waals surface area contributed by atoms with Gasteiger partial charge in [-0.1, -0.05) is 0 Å². The average molecular weight is 314 g/mol. The summed E-state index contributed by atoms with van der Waals surface area (Å²) >= 11 is 0. The fourth-order valence-electron chi connectivity index (χ4n) is 2.79. The fraction of sp³-hybridized carbons (Fsp3) is 0.533. The third kappa shape index (κ3) is 2.96. The molecule has 0 bridgehead atoms. The molecule has 0 aliphatic carbocycles. The minimum atomic E-state index is -4.37. The lowest BCUT2D eigenvalue weighted by Crippen LogP contribution is -2.17. The second kappa shape index (κ2) is 5.89. The molecule has 120 valence electrons. The molecule has 0 N–H and O–H groups in total. The molecule has 0 spiro atoms. The lowest BCUT2D eigenvalue weighted by molar-refractivity contribution is -0.137. The maximum Gasteiger partial charge on any atom is 0.416 e. The largest absolute Gasteiger partial charge is 0.416 e. The molecule has 1 atom stereocenters. The minimum Gasteiger partial charge on any atom is -0.377 e. The van der Waals surface area contributed by atoms with E-state index in [0.717, 1.165) is 31.6 Å². The highest BCUT2D eigenvalue weighted by Gasteiger charge is 2.31. The van der Waals surface area contributed by atoms with Crippen LogP contribution in [-0.4, -0.2) is 29.4 Å². The Bertz CT molecular complexity index is 661. The summed E-state index contributed by atoms with van der Waals surface area (Å²) in [7, 11) is 1.54. The van der Waals surface area contributed by atoms with Gasteiger partial charge in [-0.15, -0.1) is 0 Å². The van der Waals surface area contributed by atoms with Crippen molar-refractivity contribution in [3.63, 3.8) is 0 Å². The van der Waals surface area contributed by atoms with Crippen LogP contribution in [0.3, 0.4) is 0 Å². The quantitative estimate of drug-likeness (QED) is 0.868. The summed E-state index contributed by atoms with van der Waals surface area (Å²) in [6.45, 7) is 1.57. The Labute approximate surface area is 125 Å². The van der Waals surface area contributed by atoms with E-state index < -0.39 is 11.7 Å². The molecule has 1 aromatic heterocycles. The van der Waals surface area contributed by atoms with Crippen molar-refractivity contribution in [1.29, 1.82) is 0 Å². The Morgan fingerprint density at radius 3 is 2.86 bits per heavy atom. The zero-order valence-corrected chi connectivity index (χ0v) is 12.2. The van der Waals surface area contributed by atoms with Crippen LogP contribution in [0.1, 0.15) is 24.2 Å². The van der Waals surface area contributed by atoms with Gasteiger partial charge in [-0.25, -0.2) is 4.98 Å². The maximum atomic E-state index is 12.8. The molecule has 1 aliphatic rings. The van der Waals surface area contributed by atoms with Crippen LogP contribution < -0.4 is 0 Å². The number of fused-ring (bicyclic) bond motifs is 1. The molecular formula is C15H17F3N2O2. The number of methoxy groups -OCH3 is 1. The molecule has 22 heavy (non-hydrogen) atoms. The number of ether oxygens (including phenoxy) is 2. The molecule has 0 radical (unpaired) electrons. The second-order valence-corrected chi connectivity index (χ2v) is 5.41. The summed E-state index contributed by atoms with van der Waals surface area (Å²) in [6, 6.07) is 3.65. The Morgan fingerprint density at radius 1 is 1.41 bits per heavy atom. The van der Waals surface area contributed by atoms with Gasteiger partial charge in [-0.3, -0.25) is 0 Å². The van der Waals surface area contributed by atoms with E-state index in [4.69, 9.17) is 9.47 Å². The molecule has 0 saturated carbocycles. The lowest BCUT2D eigenvalue weighted by Gasteiger charge is -2.14. The highest BCUT2D eigenvalue weighted by atomic mass is 19.4. The van der Waals surface area contributed by atoms with Gasteiger partial charge < -0.3 is 14.0 Å². The van der Waals surface area contributed by atoms with Crippen molar-refractivity contribution < 1.29 is 22.6 Å². The summed E-state index contributed by atoms with van der Waals surface area (Å²) in [6.07, 6.45) is -2.33. The molecule has 0 amide bonds. The SMILES string of the molecule is COCc1nc2cc(C(F)(F)F)ccc2n1C[C@H]1CCCO1. The highest BCUT2D eigenvalue weighted by Crippen LogP contribution is 2.32. The van der Waals surface area contributed by atoms with Gasteiger partial charge in [0.1, 0.15) is 12.4 Å². The Hall–Kier alpha value is -1.60. The number of hydrogen-bond donors (Lipinski definition) is 0. The predicted molar refractivity (Wildman–Crippen MR) is 74.4 cm³/mol. The second-order valence-electron chi connectivity index (χ2n) is 5.41. The van der Waals surface area contributed by atoms with E-state index in [0.29, 0.717) is 23.4 Å². The predicted octanol–water partition coefficient (Wildman–Crippen LogP) is 3.38. The van der Waals surface area contributed by atoms with Crippen molar-refractivity contribution in [3.05, 3.63) is 29.6 Å². The highest BCUT2D eigenvalue weighted by molar-refractivity contribution is 5.77.